The van der Waals surface area contributed by atoms with E-state index in [9.17, 15) is 0 Å². The van der Waals surface area contributed by atoms with Gasteiger partial charge in [0.2, 0.25) is 0 Å². The Morgan fingerprint density at radius 3 is 2.45 bits per heavy atom. The van der Waals surface area contributed by atoms with Crippen LogP contribution in [0.1, 0.15) is 39.5 Å². The summed E-state index contributed by atoms with van der Waals surface area (Å²) in [6, 6.07) is 0.953. The second-order valence-electron chi connectivity index (χ2n) is 4.08. The maximum atomic E-state index is 2.42. The fourth-order valence-corrected chi connectivity index (χ4v) is 2.41. The maximum Gasteiger partial charge on any atom is 0.0885 e. The van der Waals surface area contributed by atoms with Crippen LogP contribution < -0.4 is 0 Å². The zero-order valence-corrected chi connectivity index (χ0v) is 8.27. The maximum absolute atomic E-state index is 2.42. The zero-order chi connectivity index (χ0) is 8.32. The van der Waals surface area contributed by atoms with Crippen LogP contribution in [-0.2, 0) is 0 Å². The Balaban J connectivity index is 2.57. The topological polar surface area (TPSA) is 0 Å². The molecule has 0 N–H and O–H groups in total. The Labute approximate surface area is 71.0 Å². The van der Waals surface area contributed by atoms with Crippen molar-refractivity contribution in [1.82, 2.24) is 0 Å². The average Bonchev–Trinajstić information content (AvgIpc) is 2.05. The van der Waals surface area contributed by atoms with Gasteiger partial charge >= 0.3 is 0 Å². The van der Waals surface area contributed by atoms with E-state index in [4.69, 9.17) is 0 Å². The zero-order valence-electron chi connectivity index (χ0n) is 8.27. The van der Waals surface area contributed by atoms with Gasteiger partial charge in [-0.25, -0.2) is 0 Å². The van der Waals surface area contributed by atoms with E-state index in [2.05, 4.69) is 20.9 Å². The molecule has 1 aliphatic heterocycles. The summed E-state index contributed by atoms with van der Waals surface area (Å²) in [4.78, 5) is 0. The summed E-state index contributed by atoms with van der Waals surface area (Å²) in [6.45, 7) is 7.39. The van der Waals surface area contributed by atoms with Crippen molar-refractivity contribution in [2.24, 2.45) is 0 Å². The van der Waals surface area contributed by atoms with Gasteiger partial charge < -0.3 is 4.48 Å². The van der Waals surface area contributed by atoms with Crippen molar-refractivity contribution in [1.29, 1.82) is 0 Å². The van der Waals surface area contributed by atoms with E-state index < -0.39 is 0 Å². The molecule has 1 nitrogen and oxygen atoms in total. The van der Waals surface area contributed by atoms with E-state index in [1.165, 1.54) is 43.3 Å². The van der Waals surface area contributed by atoms with Gasteiger partial charge in [-0.1, -0.05) is 6.92 Å². The highest BCUT2D eigenvalue weighted by atomic mass is 15.4. The molecule has 0 aromatic heterocycles. The molecule has 1 heteroatoms. The highest BCUT2D eigenvalue weighted by Gasteiger charge is 2.31. The predicted octanol–water partition coefficient (Wildman–Crippen LogP) is 2.42. The molecule has 0 amide bonds. The SMILES string of the molecule is CC[C@@H]1CCCC[N@+]1(C)CC. The van der Waals surface area contributed by atoms with Gasteiger partial charge in [0.15, 0.2) is 0 Å². The van der Waals surface area contributed by atoms with Crippen LogP contribution in [0.2, 0.25) is 0 Å². The minimum Gasteiger partial charge on any atom is -0.324 e. The van der Waals surface area contributed by atoms with Gasteiger partial charge in [0, 0.05) is 0 Å². The fourth-order valence-electron chi connectivity index (χ4n) is 2.41. The van der Waals surface area contributed by atoms with Crippen molar-refractivity contribution in [3.8, 4) is 0 Å². The Hall–Kier alpha value is -0.0400. The fraction of sp³-hybridized carbons (Fsp3) is 1.00. The average molecular weight is 156 g/mol. The molecule has 1 fully saturated rings. The van der Waals surface area contributed by atoms with Gasteiger partial charge in [0.25, 0.3) is 0 Å². The van der Waals surface area contributed by atoms with Crippen molar-refractivity contribution in [2.75, 3.05) is 20.1 Å². The first-order valence-electron chi connectivity index (χ1n) is 5.07. The third-order valence-corrected chi connectivity index (χ3v) is 3.53. The number of quaternary nitrogens is 1. The Morgan fingerprint density at radius 2 is 2.00 bits per heavy atom. The van der Waals surface area contributed by atoms with Gasteiger partial charge in [-0.15, -0.1) is 0 Å². The van der Waals surface area contributed by atoms with E-state index in [0.29, 0.717) is 0 Å². The summed E-state index contributed by atoms with van der Waals surface area (Å²) in [7, 11) is 2.42. The highest BCUT2D eigenvalue weighted by Crippen LogP contribution is 2.25. The summed E-state index contributed by atoms with van der Waals surface area (Å²) in [5, 5.41) is 0. The quantitative estimate of drug-likeness (QED) is 0.539. The van der Waals surface area contributed by atoms with Gasteiger partial charge in [-0.3, -0.25) is 0 Å². The molecule has 0 unspecified atom stereocenters. The lowest BCUT2D eigenvalue weighted by Gasteiger charge is -2.44. The molecule has 0 saturated carbocycles. The van der Waals surface area contributed by atoms with Crippen LogP contribution in [0.3, 0.4) is 0 Å². The predicted molar refractivity (Wildman–Crippen MR) is 49.5 cm³/mol. The smallest absolute Gasteiger partial charge is 0.0885 e. The molecular formula is C10H22N+. The monoisotopic (exact) mass is 156 g/mol. The molecule has 0 aliphatic carbocycles. The summed E-state index contributed by atoms with van der Waals surface area (Å²) in [5.41, 5.74) is 0. The number of nitrogens with zero attached hydrogens (tertiary/aromatic N) is 1. The van der Waals surface area contributed by atoms with Crippen LogP contribution in [0.4, 0.5) is 0 Å². The lowest BCUT2D eigenvalue weighted by molar-refractivity contribution is -0.936. The summed E-state index contributed by atoms with van der Waals surface area (Å²) < 4.78 is 1.33. The Kier molecular flexibility index (Phi) is 2.94. The molecule has 2 atom stereocenters. The number of rotatable bonds is 2. The van der Waals surface area contributed by atoms with Crippen molar-refractivity contribution < 1.29 is 4.48 Å². The van der Waals surface area contributed by atoms with E-state index in [-0.39, 0.29) is 0 Å². The molecule has 0 aromatic carbocycles. The van der Waals surface area contributed by atoms with Crippen molar-refractivity contribution >= 4 is 0 Å². The third kappa shape index (κ3) is 1.76. The lowest BCUT2D eigenvalue weighted by atomic mass is 9.97. The first-order valence-corrected chi connectivity index (χ1v) is 5.07. The van der Waals surface area contributed by atoms with Crippen LogP contribution in [-0.4, -0.2) is 30.7 Å². The van der Waals surface area contributed by atoms with E-state index in [0.717, 1.165) is 6.04 Å². The van der Waals surface area contributed by atoms with Crippen LogP contribution in [0, 0.1) is 0 Å². The summed E-state index contributed by atoms with van der Waals surface area (Å²) in [6.07, 6.45) is 5.73. The molecule has 11 heavy (non-hydrogen) atoms. The van der Waals surface area contributed by atoms with Crippen LogP contribution >= 0.6 is 0 Å². The molecule has 0 spiro atoms. The van der Waals surface area contributed by atoms with Gasteiger partial charge in [-0.2, -0.15) is 0 Å². The number of piperidine rings is 1. The second kappa shape index (κ2) is 3.57. The number of hydrogen-bond acceptors (Lipinski definition) is 0. The standard InChI is InChI=1S/C10H22N/c1-4-10-8-6-7-9-11(10,3)5-2/h10H,4-9H2,1-3H3/q+1/t10-,11+/m1/s1. The molecular weight excluding hydrogens is 134 g/mol. The first kappa shape index (κ1) is 9.05. The van der Waals surface area contributed by atoms with Crippen LogP contribution in [0.25, 0.3) is 0 Å². The van der Waals surface area contributed by atoms with Crippen molar-refractivity contribution in [2.45, 2.75) is 45.6 Å². The van der Waals surface area contributed by atoms with Crippen LogP contribution in [0.5, 0.6) is 0 Å². The minimum absolute atomic E-state index is 0.953. The van der Waals surface area contributed by atoms with Gasteiger partial charge in [0.05, 0.1) is 26.2 Å². The van der Waals surface area contributed by atoms with E-state index in [1.54, 1.807) is 0 Å². The molecule has 1 rings (SSSR count). The van der Waals surface area contributed by atoms with E-state index >= 15 is 0 Å². The molecule has 0 radical (unpaired) electrons. The number of likely N-dealkylation sites (tertiary alicyclic amines) is 1. The van der Waals surface area contributed by atoms with Crippen molar-refractivity contribution in [3.05, 3.63) is 0 Å². The first-order chi connectivity index (χ1) is 5.23. The summed E-state index contributed by atoms with van der Waals surface area (Å²) in [5.74, 6) is 0. The molecule has 66 valence electrons. The molecule has 1 heterocycles. The van der Waals surface area contributed by atoms with Gasteiger partial charge in [0.1, 0.15) is 0 Å². The van der Waals surface area contributed by atoms with E-state index in [1.807, 2.05) is 0 Å². The second-order valence-corrected chi connectivity index (χ2v) is 4.08. The number of hydrogen-bond donors (Lipinski definition) is 0. The summed E-state index contributed by atoms with van der Waals surface area (Å²) >= 11 is 0. The molecule has 1 aliphatic rings. The van der Waals surface area contributed by atoms with Gasteiger partial charge in [-0.05, 0) is 32.6 Å². The largest absolute Gasteiger partial charge is 0.324 e. The Morgan fingerprint density at radius 1 is 1.27 bits per heavy atom. The van der Waals surface area contributed by atoms with Crippen LogP contribution in [0.15, 0.2) is 0 Å². The van der Waals surface area contributed by atoms with Crippen molar-refractivity contribution in [3.63, 3.8) is 0 Å². The molecule has 0 bridgehead atoms. The third-order valence-electron chi connectivity index (χ3n) is 3.53. The molecule has 1 saturated heterocycles. The normalized spacial score (nSPS) is 39.0. The highest BCUT2D eigenvalue weighted by molar-refractivity contribution is 4.63. The lowest BCUT2D eigenvalue weighted by Crippen LogP contribution is -2.54. The molecule has 0 aromatic rings. The minimum atomic E-state index is 0.953. The Bertz CT molecular complexity index is 122.